The summed E-state index contributed by atoms with van der Waals surface area (Å²) in [7, 11) is 0. The molecule has 8 heteroatoms. The van der Waals surface area contributed by atoms with Gasteiger partial charge in [0.25, 0.3) is 5.91 Å². The number of fused-ring (bicyclic) bond motifs is 1. The topological polar surface area (TPSA) is 58.1 Å². The first-order valence-corrected chi connectivity index (χ1v) is 9.02. The van der Waals surface area contributed by atoms with Gasteiger partial charge in [-0.1, -0.05) is 30.3 Å². The van der Waals surface area contributed by atoms with Gasteiger partial charge < -0.3 is 10.2 Å². The Morgan fingerprint density at radius 3 is 2.59 bits per heavy atom. The highest BCUT2D eigenvalue weighted by Crippen LogP contribution is 2.31. The van der Waals surface area contributed by atoms with Crippen molar-refractivity contribution >= 4 is 17.4 Å². The summed E-state index contributed by atoms with van der Waals surface area (Å²) >= 11 is 0. The molecule has 0 atom stereocenters. The zero-order valence-corrected chi connectivity index (χ0v) is 15.3. The van der Waals surface area contributed by atoms with Crippen molar-refractivity contribution in [1.29, 1.82) is 0 Å². The van der Waals surface area contributed by atoms with E-state index in [0.717, 1.165) is 24.1 Å². The average molecular weight is 398 g/mol. The molecule has 29 heavy (non-hydrogen) atoms. The molecule has 1 aromatic heterocycles. The van der Waals surface area contributed by atoms with Gasteiger partial charge in [-0.15, -0.1) is 0 Å². The van der Waals surface area contributed by atoms with Crippen LogP contribution in [0.5, 0.6) is 0 Å². The minimum absolute atomic E-state index is 0.189. The lowest BCUT2D eigenvalue weighted by atomic mass is 10.00. The molecule has 0 saturated carbocycles. The van der Waals surface area contributed by atoms with Crippen molar-refractivity contribution in [3.05, 3.63) is 83.3 Å². The van der Waals surface area contributed by atoms with Crippen molar-refractivity contribution in [3.8, 4) is 0 Å². The summed E-state index contributed by atoms with van der Waals surface area (Å²) in [5.41, 5.74) is 1.98. The minimum Gasteiger partial charge on any atom is -0.340 e. The number of benzene rings is 2. The normalized spacial score (nSPS) is 13.7. The van der Waals surface area contributed by atoms with E-state index >= 15 is 0 Å². The van der Waals surface area contributed by atoms with E-state index < -0.39 is 11.7 Å². The number of nitrogens with one attached hydrogen (secondary N) is 1. The Morgan fingerprint density at radius 1 is 1.00 bits per heavy atom. The van der Waals surface area contributed by atoms with Crippen LogP contribution < -0.4 is 5.32 Å². The predicted octanol–water partition coefficient (Wildman–Crippen LogP) is 4.44. The molecule has 1 amide bonds. The molecule has 0 bridgehead atoms. The second kappa shape index (κ2) is 7.54. The third-order valence-electron chi connectivity index (χ3n) is 4.77. The van der Waals surface area contributed by atoms with E-state index in [2.05, 4.69) is 21.4 Å². The highest BCUT2D eigenvalue weighted by atomic mass is 19.4. The Balaban J connectivity index is 1.51. The largest absolute Gasteiger partial charge is 0.416 e. The maximum atomic E-state index is 12.9. The second-order valence-corrected chi connectivity index (χ2v) is 6.74. The van der Waals surface area contributed by atoms with Crippen LogP contribution in [0.2, 0.25) is 0 Å². The third kappa shape index (κ3) is 4.21. The second-order valence-electron chi connectivity index (χ2n) is 6.74. The Labute approximate surface area is 165 Å². The van der Waals surface area contributed by atoms with Gasteiger partial charge in [0, 0.05) is 24.8 Å². The number of halogens is 3. The molecule has 2 heterocycles. The number of carbonyl (C=O) groups excluding carboxylic acids is 1. The lowest BCUT2D eigenvalue weighted by Gasteiger charge is -2.28. The van der Waals surface area contributed by atoms with Crippen LogP contribution in [0.4, 0.5) is 24.7 Å². The van der Waals surface area contributed by atoms with Crippen molar-refractivity contribution in [2.45, 2.75) is 19.1 Å². The first-order valence-electron chi connectivity index (χ1n) is 9.02. The van der Waals surface area contributed by atoms with Crippen LogP contribution in [0.15, 0.2) is 60.9 Å². The van der Waals surface area contributed by atoms with Crippen LogP contribution in [-0.4, -0.2) is 27.3 Å². The molecule has 5 nitrogen and oxygen atoms in total. The molecule has 4 rings (SSSR count). The van der Waals surface area contributed by atoms with E-state index in [4.69, 9.17) is 0 Å². The van der Waals surface area contributed by atoms with Gasteiger partial charge in [0.1, 0.15) is 17.8 Å². The van der Waals surface area contributed by atoms with Crippen molar-refractivity contribution in [1.82, 2.24) is 14.9 Å². The van der Waals surface area contributed by atoms with Crippen LogP contribution in [0.3, 0.4) is 0 Å². The van der Waals surface area contributed by atoms with Gasteiger partial charge in [0.2, 0.25) is 0 Å². The zero-order chi connectivity index (χ0) is 20.4. The van der Waals surface area contributed by atoms with Crippen LogP contribution in [-0.2, 0) is 19.1 Å². The molecule has 1 aliphatic rings. The van der Waals surface area contributed by atoms with Gasteiger partial charge in [-0.05, 0) is 35.7 Å². The van der Waals surface area contributed by atoms with Gasteiger partial charge in [-0.3, -0.25) is 4.79 Å². The molecule has 1 N–H and O–H groups in total. The van der Waals surface area contributed by atoms with Crippen molar-refractivity contribution in [2.75, 3.05) is 11.9 Å². The molecular formula is C21H17F3N4O. The minimum atomic E-state index is -4.44. The third-order valence-corrected chi connectivity index (χ3v) is 4.77. The number of alkyl halides is 3. The number of hydrogen-bond donors (Lipinski definition) is 1. The van der Waals surface area contributed by atoms with Crippen LogP contribution in [0.1, 0.15) is 27.2 Å². The van der Waals surface area contributed by atoms with E-state index in [0.29, 0.717) is 13.1 Å². The summed E-state index contributed by atoms with van der Waals surface area (Å²) in [5, 5.41) is 2.81. The summed E-state index contributed by atoms with van der Waals surface area (Å²) in [4.78, 5) is 22.6. The van der Waals surface area contributed by atoms with E-state index in [-0.39, 0.29) is 23.1 Å². The fraction of sp³-hybridized carbons (Fsp3) is 0.190. The molecule has 2 aromatic carbocycles. The molecule has 0 unspecified atom stereocenters. The number of rotatable bonds is 3. The number of hydrogen-bond acceptors (Lipinski definition) is 4. The van der Waals surface area contributed by atoms with E-state index in [9.17, 15) is 18.0 Å². The summed E-state index contributed by atoms with van der Waals surface area (Å²) in [5.74, 6) is 0.00841. The van der Waals surface area contributed by atoms with Gasteiger partial charge in [0.15, 0.2) is 0 Å². The smallest absolute Gasteiger partial charge is 0.340 e. The first-order chi connectivity index (χ1) is 13.9. The lowest BCUT2D eigenvalue weighted by Crippen LogP contribution is -2.36. The lowest BCUT2D eigenvalue weighted by molar-refractivity contribution is -0.137. The Hall–Kier alpha value is -3.42. The number of amides is 1. The number of anilines is 2. The fourth-order valence-electron chi connectivity index (χ4n) is 3.29. The summed E-state index contributed by atoms with van der Waals surface area (Å²) in [6, 6.07) is 14.2. The van der Waals surface area contributed by atoms with Gasteiger partial charge in [-0.25, -0.2) is 9.97 Å². The maximum absolute atomic E-state index is 12.9. The molecule has 0 saturated heterocycles. The van der Waals surface area contributed by atoms with E-state index in [1.165, 1.54) is 30.1 Å². The highest BCUT2D eigenvalue weighted by molar-refractivity contribution is 5.93. The van der Waals surface area contributed by atoms with Gasteiger partial charge >= 0.3 is 6.18 Å². The van der Waals surface area contributed by atoms with Crippen molar-refractivity contribution in [3.63, 3.8) is 0 Å². The molecular weight excluding hydrogens is 381 g/mol. The molecule has 0 fully saturated rings. The molecule has 1 aliphatic heterocycles. The SMILES string of the molecule is O=C(c1cc(Nc2cccc(C(F)(F)F)c2)ncn1)N1CCc2ccccc2C1. The molecule has 148 valence electrons. The summed E-state index contributed by atoms with van der Waals surface area (Å²) in [6.45, 7) is 1.08. The number of nitrogens with zero attached hydrogens (tertiary/aromatic N) is 3. The molecule has 0 radical (unpaired) electrons. The van der Waals surface area contributed by atoms with E-state index in [1.54, 1.807) is 4.90 Å². The van der Waals surface area contributed by atoms with Crippen LogP contribution in [0, 0.1) is 0 Å². The quantitative estimate of drug-likeness (QED) is 0.709. The maximum Gasteiger partial charge on any atom is 0.416 e. The standard InChI is InChI=1S/C21H17F3N4O/c22-21(23,24)16-6-3-7-17(10-16)27-19-11-18(25-13-26-19)20(29)28-9-8-14-4-1-2-5-15(14)12-28/h1-7,10-11,13H,8-9,12H2,(H,25,26,27). The highest BCUT2D eigenvalue weighted by Gasteiger charge is 2.30. The van der Waals surface area contributed by atoms with E-state index in [1.807, 2.05) is 18.2 Å². The summed E-state index contributed by atoms with van der Waals surface area (Å²) < 4.78 is 38.7. The Bertz CT molecular complexity index is 1050. The zero-order valence-electron chi connectivity index (χ0n) is 15.3. The predicted molar refractivity (Wildman–Crippen MR) is 102 cm³/mol. The molecule has 3 aromatic rings. The van der Waals surface area contributed by atoms with Crippen LogP contribution >= 0.6 is 0 Å². The molecule has 0 spiro atoms. The monoisotopic (exact) mass is 398 g/mol. The number of aromatic nitrogens is 2. The van der Waals surface area contributed by atoms with Crippen molar-refractivity contribution < 1.29 is 18.0 Å². The van der Waals surface area contributed by atoms with Gasteiger partial charge in [0.05, 0.1) is 5.56 Å². The molecule has 0 aliphatic carbocycles. The average Bonchev–Trinajstić information content (AvgIpc) is 2.72. The number of carbonyl (C=O) groups is 1. The fourth-order valence-corrected chi connectivity index (χ4v) is 3.29. The van der Waals surface area contributed by atoms with Gasteiger partial charge in [-0.2, -0.15) is 13.2 Å². The first kappa shape index (κ1) is 18.9. The Morgan fingerprint density at radius 2 is 1.79 bits per heavy atom. The Kier molecular flexibility index (Phi) is 4.92. The van der Waals surface area contributed by atoms with Crippen LogP contribution in [0.25, 0.3) is 0 Å². The van der Waals surface area contributed by atoms with Crippen molar-refractivity contribution in [2.24, 2.45) is 0 Å². The summed E-state index contributed by atoms with van der Waals surface area (Å²) in [6.07, 6.45) is -2.45.